The Hall–Kier alpha value is -2.63. The first kappa shape index (κ1) is 58.4. The van der Waals surface area contributed by atoms with Gasteiger partial charge in [0.05, 0.1) is 0 Å². The summed E-state index contributed by atoms with van der Waals surface area (Å²) >= 11 is 0. The van der Waals surface area contributed by atoms with Crippen LogP contribution in [0.1, 0.15) is 265 Å². The summed E-state index contributed by atoms with van der Waals surface area (Å²) in [6.07, 6.45) is 59.4. The Balaban J connectivity index is 4.40. The first-order valence-corrected chi connectivity index (χ1v) is 26.1. The normalized spacial score (nSPS) is 12.4. The predicted molar refractivity (Wildman–Crippen MR) is 261 cm³/mol. The van der Waals surface area contributed by atoms with Crippen LogP contribution in [-0.4, -0.2) is 37.2 Å². The van der Waals surface area contributed by atoms with E-state index in [4.69, 9.17) is 14.2 Å². The van der Waals surface area contributed by atoms with Crippen molar-refractivity contribution < 1.29 is 28.6 Å². The van der Waals surface area contributed by atoms with Crippen LogP contribution >= 0.6 is 0 Å². The SMILES string of the molecule is CCCCC/C=C\C/C=C\C/C=C\CCCCCCC(=O)O[C@H](COC(=O)CCCCCCCCC/C=C\CCCCCC)COC(=O)CCCCCCCCCCCCC. The maximum atomic E-state index is 12.8. The summed E-state index contributed by atoms with van der Waals surface area (Å²) in [4.78, 5) is 37.9. The molecule has 6 nitrogen and oxygen atoms in total. The molecule has 6 heteroatoms. The van der Waals surface area contributed by atoms with Crippen LogP contribution in [0.3, 0.4) is 0 Å². The van der Waals surface area contributed by atoms with Crippen molar-refractivity contribution in [2.24, 2.45) is 0 Å². The largest absolute Gasteiger partial charge is 0.462 e. The fraction of sp³-hybridized carbons (Fsp3) is 0.800. The highest BCUT2D eigenvalue weighted by atomic mass is 16.6. The predicted octanol–water partition coefficient (Wildman–Crippen LogP) is 17.1. The van der Waals surface area contributed by atoms with E-state index in [2.05, 4.69) is 69.4 Å². The van der Waals surface area contributed by atoms with Gasteiger partial charge in [0.25, 0.3) is 0 Å². The van der Waals surface area contributed by atoms with E-state index in [9.17, 15) is 14.4 Å². The van der Waals surface area contributed by atoms with Gasteiger partial charge in [-0.1, -0.05) is 211 Å². The molecule has 0 saturated carbocycles. The second-order valence-electron chi connectivity index (χ2n) is 17.4. The lowest BCUT2D eigenvalue weighted by Gasteiger charge is -2.18. The van der Waals surface area contributed by atoms with E-state index in [0.29, 0.717) is 19.3 Å². The Morgan fingerprint density at radius 3 is 0.984 bits per heavy atom. The van der Waals surface area contributed by atoms with Gasteiger partial charge in [0.2, 0.25) is 0 Å². The first-order valence-electron chi connectivity index (χ1n) is 26.1. The van der Waals surface area contributed by atoms with Crippen LogP contribution in [-0.2, 0) is 28.6 Å². The summed E-state index contributed by atoms with van der Waals surface area (Å²) in [6, 6.07) is 0. The van der Waals surface area contributed by atoms with Crippen molar-refractivity contribution in [2.75, 3.05) is 13.2 Å². The third-order valence-corrected chi connectivity index (χ3v) is 11.3. The zero-order valence-corrected chi connectivity index (χ0v) is 40.4. The van der Waals surface area contributed by atoms with E-state index in [1.807, 2.05) is 0 Å². The first-order chi connectivity index (χ1) is 30.0. The molecule has 0 N–H and O–H groups in total. The number of hydrogen-bond donors (Lipinski definition) is 0. The van der Waals surface area contributed by atoms with Gasteiger partial charge in [0, 0.05) is 19.3 Å². The maximum absolute atomic E-state index is 12.8. The van der Waals surface area contributed by atoms with Crippen LogP contribution < -0.4 is 0 Å². The number of allylic oxidation sites excluding steroid dienone is 8. The minimum absolute atomic E-state index is 0.0814. The lowest BCUT2D eigenvalue weighted by Crippen LogP contribution is -2.30. The van der Waals surface area contributed by atoms with Crippen molar-refractivity contribution in [2.45, 2.75) is 271 Å². The molecule has 0 bridgehead atoms. The van der Waals surface area contributed by atoms with Crippen molar-refractivity contribution in [1.82, 2.24) is 0 Å². The summed E-state index contributed by atoms with van der Waals surface area (Å²) in [7, 11) is 0. The minimum atomic E-state index is -0.783. The standard InChI is InChI=1S/C55H98O6/c1-4-7-10-13-16-19-22-24-26-27-29-31-34-37-40-43-46-49-55(58)61-52(50-59-53(56)47-44-41-38-35-32-21-18-15-12-9-6-3)51-60-54(57)48-45-42-39-36-33-30-28-25-23-20-17-14-11-8-5-2/h16,19-20,23-24,26,29,31,52H,4-15,17-18,21-22,25,27-28,30,32-51H2,1-3H3/b19-16-,23-20-,26-24-,31-29-/t52-/m0/s1. The van der Waals surface area contributed by atoms with E-state index in [1.54, 1.807) is 0 Å². The molecule has 0 spiro atoms. The zero-order valence-electron chi connectivity index (χ0n) is 40.4. The van der Waals surface area contributed by atoms with Gasteiger partial charge in [-0.3, -0.25) is 14.4 Å². The molecule has 0 rings (SSSR count). The number of ether oxygens (including phenoxy) is 3. The fourth-order valence-corrected chi connectivity index (χ4v) is 7.33. The molecule has 0 fully saturated rings. The Morgan fingerprint density at radius 1 is 0.328 bits per heavy atom. The third kappa shape index (κ3) is 48.3. The van der Waals surface area contributed by atoms with Gasteiger partial charge < -0.3 is 14.2 Å². The molecule has 0 heterocycles. The molecular weight excluding hydrogens is 757 g/mol. The quantitative estimate of drug-likeness (QED) is 0.0263. The van der Waals surface area contributed by atoms with Gasteiger partial charge >= 0.3 is 17.9 Å². The summed E-state index contributed by atoms with van der Waals surface area (Å²) in [6.45, 7) is 6.58. The molecule has 354 valence electrons. The second kappa shape index (κ2) is 50.0. The molecule has 0 aromatic rings. The molecule has 0 aliphatic heterocycles. The van der Waals surface area contributed by atoms with Crippen LogP contribution in [0.4, 0.5) is 0 Å². The molecule has 61 heavy (non-hydrogen) atoms. The number of carbonyl (C=O) groups excluding carboxylic acids is 3. The number of rotatable bonds is 47. The van der Waals surface area contributed by atoms with Crippen molar-refractivity contribution in [3.05, 3.63) is 48.6 Å². The molecule has 1 atom stereocenters. The third-order valence-electron chi connectivity index (χ3n) is 11.3. The van der Waals surface area contributed by atoms with E-state index in [1.165, 1.54) is 141 Å². The Bertz CT molecular complexity index is 1070. The highest BCUT2D eigenvalue weighted by Crippen LogP contribution is 2.15. The molecule has 0 radical (unpaired) electrons. The van der Waals surface area contributed by atoms with Gasteiger partial charge in [-0.15, -0.1) is 0 Å². The van der Waals surface area contributed by atoms with Crippen molar-refractivity contribution in [3.63, 3.8) is 0 Å². The van der Waals surface area contributed by atoms with E-state index < -0.39 is 6.10 Å². The maximum Gasteiger partial charge on any atom is 0.306 e. The molecule has 0 unspecified atom stereocenters. The van der Waals surface area contributed by atoms with Crippen molar-refractivity contribution in [1.29, 1.82) is 0 Å². The van der Waals surface area contributed by atoms with Gasteiger partial charge in [-0.2, -0.15) is 0 Å². The average molecular weight is 855 g/mol. The van der Waals surface area contributed by atoms with Crippen LogP contribution in [0, 0.1) is 0 Å². The van der Waals surface area contributed by atoms with Crippen LogP contribution in [0.5, 0.6) is 0 Å². The smallest absolute Gasteiger partial charge is 0.306 e. The molecule has 0 saturated heterocycles. The topological polar surface area (TPSA) is 78.9 Å². The Kier molecular flexibility index (Phi) is 47.9. The van der Waals surface area contributed by atoms with Crippen molar-refractivity contribution >= 4 is 17.9 Å². The zero-order chi connectivity index (χ0) is 44.4. The number of esters is 3. The van der Waals surface area contributed by atoms with Gasteiger partial charge in [-0.05, 0) is 83.5 Å². The lowest BCUT2D eigenvalue weighted by molar-refractivity contribution is -0.167. The van der Waals surface area contributed by atoms with Crippen LogP contribution in [0.15, 0.2) is 48.6 Å². The van der Waals surface area contributed by atoms with Crippen LogP contribution in [0.25, 0.3) is 0 Å². The number of hydrogen-bond acceptors (Lipinski definition) is 6. The van der Waals surface area contributed by atoms with Crippen molar-refractivity contribution in [3.8, 4) is 0 Å². The van der Waals surface area contributed by atoms with Crippen LogP contribution in [0.2, 0.25) is 0 Å². The lowest BCUT2D eigenvalue weighted by atomic mass is 10.1. The molecule has 0 aromatic carbocycles. The highest BCUT2D eigenvalue weighted by molar-refractivity contribution is 5.71. The molecule has 0 amide bonds. The molecule has 0 aromatic heterocycles. The molecule has 0 aliphatic rings. The molecular formula is C55H98O6. The van der Waals surface area contributed by atoms with Gasteiger partial charge in [0.1, 0.15) is 13.2 Å². The summed E-state index contributed by atoms with van der Waals surface area (Å²) in [5.41, 5.74) is 0. The summed E-state index contributed by atoms with van der Waals surface area (Å²) in [5, 5.41) is 0. The van der Waals surface area contributed by atoms with Gasteiger partial charge in [-0.25, -0.2) is 0 Å². The Morgan fingerprint density at radius 2 is 0.590 bits per heavy atom. The summed E-state index contributed by atoms with van der Waals surface area (Å²) in [5.74, 6) is -0.901. The minimum Gasteiger partial charge on any atom is -0.462 e. The average Bonchev–Trinajstić information content (AvgIpc) is 3.26. The second-order valence-corrected chi connectivity index (χ2v) is 17.4. The van der Waals surface area contributed by atoms with Gasteiger partial charge in [0.15, 0.2) is 6.10 Å². The summed E-state index contributed by atoms with van der Waals surface area (Å²) < 4.78 is 16.8. The van der Waals surface area contributed by atoms with E-state index in [0.717, 1.165) is 83.5 Å². The Labute approximate surface area is 378 Å². The molecule has 0 aliphatic carbocycles. The monoisotopic (exact) mass is 855 g/mol. The number of carbonyl (C=O) groups is 3. The van der Waals surface area contributed by atoms with E-state index >= 15 is 0 Å². The fourth-order valence-electron chi connectivity index (χ4n) is 7.33. The van der Waals surface area contributed by atoms with E-state index in [-0.39, 0.29) is 31.1 Å². The number of unbranched alkanes of at least 4 members (excludes halogenated alkanes) is 28. The highest BCUT2D eigenvalue weighted by Gasteiger charge is 2.19.